The van der Waals surface area contributed by atoms with E-state index in [1.54, 1.807) is 0 Å². The van der Waals surface area contributed by atoms with Gasteiger partial charge in [0.25, 0.3) is 0 Å². The molecule has 0 heterocycles. The van der Waals surface area contributed by atoms with Gasteiger partial charge in [-0.25, -0.2) is 0 Å². The molecule has 0 fully saturated rings. The van der Waals surface area contributed by atoms with E-state index in [2.05, 4.69) is 10.6 Å². The van der Waals surface area contributed by atoms with E-state index in [4.69, 9.17) is 5.26 Å². The predicted octanol–water partition coefficient (Wildman–Crippen LogP) is 0.401. The number of nitriles is 1. The summed E-state index contributed by atoms with van der Waals surface area (Å²) in [7, 11) is 0. The zero-order chi connectivity index (χ0) is 7.28. The molecule has 0 bridgehead atoms. The summed E-state index contributed by atoms with van der Waals surface area (Å²) in [5.41, 5.74) is 0. The maximum atomic E-state index is 8.15. The molecular formula is C6H13N3. The van der Waals surface area contributed by atoms with Crippen LogP contribution in [0.1, 0.15) is 20.8 Å². The molecule has 1 atom stereocenters. The van der Waals surface area contributed by atoms with Crippen molar-refractivity contribution in [1.29, 1.82) is 5.26 Å². The van der Waals surface area contributed by atoms with Gasteiger partial charge in [0, 0.05) is 6.04 Å². The fourth-order valence-corrected chi connectivity index (χ4v) is 0.638. The number of nitrogens with one attached hydrogen (secondary N) is 2. The normalized spacial score (nSPS) is 12.8. The summed E-state index contributed by atoms with van der Waals surface area (Å²) >= 11 is 0. The molecular weight excluding hydrogens is 114 g/mol. The summed E-state index contributed by atoms with van der Waals surface area (Å²) in [6.45, 7) is 5.98. The minimum atomic E-state index is 0.0787. The molecule has 0 aromatic rings. The van der Waals surface area contributed by atoms with E-state index in [-0.39, 0.29) is 6.17 Å². The quantitative estimate of drug-likeness (QED) is 0.328. The SMILES string of the molecule is CC(C)NC(C)NC#N. The highest BCUT2D eigenvalue weighted by Crippen LogP contribution is 1.79. The maximum absolute atomic E-state index is 8.15. The van der Waals surface area contributed by atoms with E-state index in [1.165, 1.54) is 0 Å². The van der Waals surface area contributed by atoms with Crippen LogP contribution >= 0.6 is 0 Å². The van der Waals surface area contributed by atoms with Crippen LogP contribution in [0.4, 0.5) is 0 Å². The molecule has 0 saturated heterocycles. The highest BCUT2D eigenvalue weighted by atomic mass is 15.1. The van der Waals surface area contributed by atoms with Crippen LogP contribution in [-0.4, -0.2) is 12.2 Å². The van der Waals surface area contributed by atoms with Gasteiger partial charge < -0.3 is 5.32 Å². The van der Waals surface area contributed by atoms with Crippen molar-refractivity contribution in [1.82, 2.24) is 10.6 Å². The lowest BCUT2D eigenvalue weighted by atomic mass is 10.4. The van der Waals surface area contributed by atoms with Gasteiger partial charge >= 0.3 is 0 Å². The first-order valence-electron chi connectivity index (χ1n) is 3.07. The second-order valence-electron chi connectivity index (χ2n) is 2.30. The Hall–Kier alpha value is -0.750. The van der Waals surface area contributed by atoms with Crippen molar-refractivity contribution in [2.45, 2.75) is 33.0 Å². The number of rotatable bonds is 3. The van der Waals surface area contributed by atoms with Crippen LogP contribution in [-0.2, 0) is 0 Å². The first-order valence-corrected chi connectivity index (χ1v) is 3.07. The zero-order valence-electron chi connectivity index (χ0n) is 6.10. The third-order valence-corrected chi connectivity index (χ3v) is 0.864. The van der Waals surface area contributed by atoms with Gasteiger partial charge in [-0.15, -0.1) is 0 Å². The average molecular weight is 127 g/mol. The second kappa shape index (κ2) is 4.16. The van der Waals surface area contributed by atoms with Crippen LogP contribution in [0.15, 0.2) is 0 Å². The van der Waals surface area contributed by atoms with Crippen LogP contribution in [0.2, 0.25) is 0 Å². The Morgan fingerprint density at radius 3 is 2.22 bits per heavy atom. The van der Waals surface area contributed by atoms with Crippen LogP contribution in [0, 0.1) is 11.5 Å². The van der Waals surface area contributed by atoms with Crippen LogP contribution in [0.3, 0.4) is 0 Å². The Labute approximate surface area is 56.1 Å². The fraction of sp³-hybridized carbons (Fsp3) is 0.833. The molecule has 2 N–H and O–H groups in total. The summed E-state index contributed by atoms with van der Waals surface area (Å²) in [6.07, 6.45) is 1.94. The van der Waals surface area contributed by atoms with E-state index < -0.39 is 0 Å². The highest BCUT2D eigenvalue weighted by molar-refractivity contribution is 4.71. The first-order chi connectivity index (χ1) is 4.16. The lowest BCUT2D eigenvalue weighted by Gasteiger charge is -2.13. The molecule has 1 unspecified atom stereocenters. The van der Waals surface area contributed by atoms with Gasteiger partial charge in [-0.2, -0.15) is 5.26 Å². The topological polar surface area (TPSA) is 47.8 Å². The third kappa shape index (κ3) is 5.12. The standard InChI is InChI=1S/C6H13N3/c1-5(2)9-6(3)8-4-7/h5-6,8-9H,1-3H3. The van der Waals surface area contributed by atoms with E-state index in [1.807, 2.05) is 27.0 Å². The average Bonchev–Trinajstić information content (AvgIpc) is 1.63. The van der Waals surface area contributed by atoms with Crippen molar-refractivity contribution in [2.24, 2.45) is 0 Å². The van der Waals surface area contributed by atoms with Gasteiger partial charge in [0.05, 0.1) is 6.17 Å². The van der Waals surface area contributed by atoms with E-state index in [0.29, 0.717) is 6.04 Å². The molecule has 3 nitrogen and oxygen atoms in total. The molecule has 0 aliphatic heterocycles. The van der Waals surface area contributed by atoms with Crippen molar-refractivity contribution in [3.63, 3.8) is 0 Å². The fourth-order valence-electron chi connectivity index (χ4n) is 0.638. The first kappa shape index (κ1) is 8.25. The molecule has 0 rings (SSSR count). The number of hydrogen-bond acceptors (Lipinski definition) is 3. The molecule has 0 aliphatic carbocycles. The molecule has 0 amide bonds. The molecule has 9 heavy (non-hydrogen) atoms. The largest absolute Gasteiger partial charge is 0.308 e. The van der Waals surface area contributed by atoms with Crippen molar-refractivity contribution in [3.05, 3.63) is 0 Å². The Kier molecular flexibility index (Phi) is 3.81. The van der Waals surface area contributed by atoms with Gasteiger partial charge in [-0.1, -0.05) is 0 Å². The summed E-state index contributed by atoms with van der Waals surface area (Å²) in [5.74, 6) is 0. The van der Waals surface area contributed by atoms with Crippen molar-refractivity contribution in [3.8, 4) is 6.19 Å². The van der Waals surface area contributed by atoms with Gasteiger partial charge in [-0.05, 0) is 20.8 Å². The smallest absolute Gasteiger partial charge is 0.177 e. The van der Waals surface area contributed by atoms with Crippen molar-refractivity contribution < 1.29 is 0 Å². The molecule has 3 heteroatoms. The Balaban J connectivity index is 3.29. The van der Waals surface area contributed by atoms with Gasteiger partial charge in [0.2, 0.25) is 0 Å². The van der Waals surface area contributed by atoms with E-state index >= 15 is 0 Å². The Morgan fingerprint density at radius 2 is 1.89 bits per heavy atom. The molecule has 0 spiro atoms. The molecule has 52 valence electrons. The summed E-state index contributed by atoms with van der Waals surface area (Å²) in [5, 5.41) is 13.8. The predicted molar refractivity (Wildman–Crippen MR) is 36.5 cm³/mol. The van der Waals surface area contributed by atoms with Gasteiger partial charge in [-0.3, -0.25) is 5.32 Å². The highest BCUT2D eigenvalue weighted by Gasteiger charge is 1.98. The van der Waals surface area contributed by atoms with E-state index in [0.717, 1.165) is 0 Å². The lowest BCUT2D eigenvalue weighted by molar-refractivity contribution is 0.462. The van der Waals surface area contributed by atoms with Crippen LogP contribution in [0.25, 0.3) is 0 Å². The third-order valence-electron chi connectivity index (χ3n) is 0.864. The Bertz CT molecular complexity index is 103. The van der Waals surface area contributed by atoms with Crippen molar-refractivity contribution in [2.75, 3.05) is 0 Å². The maximum Gasteiger partial charge on any atom is 0.177 e. The Morgan fingerprint density at radius 1 is 1.33 bits per heavy atom. The molecule has 0 aromatic carbocycles. The van der Waals surface area contributed by atoms with Crippen LogP contribution in [0.5, 0.6) is 0 Å². The van der Waals surface area contributed by atoms with Gasteiger partial charge in [0.1, 0.15) is 0 Å². The number of nitrogens with zero attached hydrogens (tertiary/aromatic N) is 1. The summed E-state index contributed by atoms with van der Waals surface area (Å²) in [4.78, 5) is 0. The second-order valence-corrected chi connectivity index (χ2v) is 2.30. The molecule has 0 aliphatic rings. The molecule has 0 aromatic heterocycles. The molecule has 0 radical (unpaired) electrons. The van der Waals surface area contributed by atoms with Gasteiger partial charge in [0.15, 0.2) is 6.19 Å². The van der Waals surface area contributed by atoms with Crippen LogP contribution < -0.4 is 10.6 Å². The molecule has 0 saturated carbocycles. The van der Waals surface area contributed by atoms with E-state index in [9.17, 15) is 0 Å². The minimum absolute atomic E-state index is 0.0787. The monoisotopic (exact) mass is 127 g/mol. The number of hydrogen-bond donors (Lipinski definition) is 2. The zero-order valence-corrected chi connectivity index (χ0v) is 6.10. The van der Waals surface area contributed by atoms with Crippen molar-refractivity contribution >= 4 is 0 Å². The summed E-state index contributed by atoms with van der Waals surface area (Å²) in [6, 6.07) is 0.417. The lowest BCUT2D eigenvalue weighted by Crippen LogP contribution is -2.40. The minimum Gasteiger partial charge on any atom is -0.308 e. The summed E-state index contributed by atoms with van der Waals surface area (Å²) < 4.78 is 0.